The van der Waals surface area contributed by atoms with Crippen LogP contribution >= 0.6 is 0 Å². The highest BCUT2D eigenvalue weighted by atomic mass is 16.7. The number of rotatable bonds is 51. The topological polar surface area (TPSA) is 108 Å². The lowest BCUT2D eigenvalue weighted by molar-refractivity contribution is -0.870. The number of carbonyl (C=O) groups is 3. The first-order chi connectivity index (χ1) is 32.6. The Balaban J connectivity index is 4.28. The zero-order chi connectivity index (χ0) is 49.2. The van der Waals surface area contributed by atoms with Crippen molar-refractivity contribution < 1.29 is 42.9 Å². The largest absolute Gasteiger partial charge is 0.477 e. The number of carboxylic acid groups (broad SMARTS) is 1. The minimum atomic E-state index is -1.51. The normalized spacial score (nSPS) is 13.1. The number of hydrogen-bond acceptors (Lipinski definition) is 7. The zero-order valence-corrected chi connectivity index (χ0v) is 44.3. The number of hydrogen-bond donors (Lipinski definition) is 1. The summed E-state index contributed by atoms with van der Waals surface area (Å²) in [5.74, 6) is -2.01. The second-order valence-corrected chi connectivity index (χ2v) is 19.9. The molecular weight excluding hydrogens is 839 g/mol. The molecule has 0 fully saturated rings. The molecule has 0 saturated heterocycles. The Bertz CT molecular complexity index is 1240. The van der Waals surface area contributed by atoms with E-state index in [9.17, 15) is 19.5 Å². The molecule has 0 bridgehead atoms. The van der Waals surface area contributed by atoms with Crippen molar-refractivity contribution in [3.8, 4) is 0 Å². The van der Waals surface area contributed by atoms with E-state index in [0.29, 0.717) is 23.9 Å². The number of likely N-dealkylation sites (N-methyl/N-ethyl adjacent to an activating group) is 1. The maximum Gasteiger partial charge on any atom is 0.361 e. The summed E-state index contributed by atoms with van der Waals surface area (Å²) in [6.45, 7) is 4.78. The molecule has 1 N–H and O–H groups in total. The average molecular weight is 945 g/mol. The molecule has 0 aliphatic rings. The monoisotopic (exact) mass is 945 g/mol. The number of allylic oxidation sites excluding steroid dienone is 8. The van der Waals surface area contributed by atoms with E-state index in [1.807, 2.05) is 21.1 Å². The van der Waals surface area contributed by atoms with Crippen molar-refractivity contribution >= 4 is 17.9 Å². The van der Waals surface area contributed by atoms with E-state index in [1.54, 1.807) is 0 Å². The van der Waals surface area contributed by atoms with E-state index < -0.39 is 24.3 Å². The lowest BCUT2D eigenvalue weighted by Gasteiger charge is -2.25. The van der Waals surface area contributed by atoms with Crippen LogP contribution < -0.4 is 0 Å². The first-order valence-electron chi connectivity index (χ1n) is 27.8. The molecule has 9 heteroatoms. The predicted octanol–water partition coefficient (Wildman–Crippen LogP) is 15.9. The minimum absolute atomic E-state index is 0.183. The van der Waals surface area contributed by atoms with Crippen LogP contribution in [0.25, 0.3) is 0 Å². The van der Waals surface area contributed by atoms with Gasteiger partial charge in [-0.25, -0.2) is 4.79 Å². The minimum Gasteiger partial charge on any atom is -0.477 e. The quantitative estimate of drug-likeness (QED) is 0.0211. The van der Waals surface area contributed by atoms with Crippen LogP contribution in [-0.2, 0) is 33.3 Å². The molecule has 0 aromatic carbocycles. The highest BCUT2D eigenvalue weighted by Crippen LogP contribution is 2.17. The first-order valence-corrected chi connectivity index (χ1v) is 27.8. The molecule has 0 saturated carbocycles. The van der Waals surface area contributed by atoms with Gasteiger partial charge in [-0.2, -0.15) is 0 Å². The Hall–Kier alpha value is -2.75. The van der Waals surface area contributed by atoms with E-state index in [-0.39, 0.29) is 32.2 Å². The van der Waals surface area contributed by atoms with Crippen LogP contribution in [0.3, 0.4) is 0 Å². The van der Waals surface area contributed by atoms with Gasteiger partial charge < -0.3 is 28.5 Å². The van der Waals surface area contributed by atoms with Crippen molar-refractivity contribution in [3.05, 3.63) is 48.6 Å². The van der Waals surface area contributed by atoms with Gasteiger partial charge >= 0.3 is 17.9 Å². The van der Waals surface area contributed by atoms with Crippen LogP contribution in [0.5, 0.6) is 0 Å². The third kappa shape index (κ3) is 50.9. The summed E-state index contributed by atoms with van der Waals surface area (Å²) in [6.07, 6.45) is 57.5. The van der Waals surface area contributed by atoms with E-state index in [4.69, 9.17) is 18.9 Å². The highest BCUT2D eigenvalue weighted by Gasteiger charge is 2.25. The Morgan fingerprint density at radius 1 is 0.463 bits per heavy atom. The Kier molecular flexibility index (Phi) is 47.6. The number of carbonyl (C=O) groups excluding carboxylic acids is 2. The smallest absolute Gasteiger partial charge is 0.361 e. The van der Waals surface area contributed by atoms with E-state index in [0.717, 1.165) is 70.6 Å². The molecule has 0 spiro atoms. The van der Waals surface area contributed by atoms with Crippen molar-refractivity contribution in [1.29, 1.82) is 0 Å². The van der Waals surface area contributed by atoms with Gasteiger partial charge in [-0.05, 0) is 51.4 Å². The lowest BCUT2D eigenvalue weighted by atomic mass is 10.0. The molecule has 0 amide bonds. The van der Waals surface area contributed by atoms with E-state index in [2.05, 4.69) is 62.5 Å². The summed E-state index contributed by atoms with van der Waals surface area (Å²) < 4.78 is 22.9. The molecule has 0 aliphatic heterocycles. The van der Waals surface area contributed by atoms with Gasteiger partial charge in [0.2, 0.25) is 0 Å². The maximum atomic E-state index is 12.9. The van der Waals surface area contributed by atoms with Crippen LogP contribution in [0.4, 0.5) is 0 Å². The third-order valence-corrected chi connectivity index (χ3v) is 12.1. The van der Waals surface area contributed by atoms with Crippen molar-refractivity contribution in [2.45, 2.75) is 257 Å². The van der Waals surface area contributed by atoms with Crippen LogP contribution in [0, 0.1) is 0 Å². The van der Waals surface area contributed by atoms with Gasteiger partial charge in [-0.3, -0.25) is 9.59 Å². The fraction of sp³-hybridized carbons (Fsp3) is 0.810. The van der Waals surface area contributed by atoms with Crippen molar-refractivity contribution in [2.24, 2.45) is 0 Å². The number of quaternary nitrogens is 1. The Labute approximate surface area is 412 Å². The Morgan fingerprint density at radius 3 is 1.27 bits per heavy atom. The molecule has 0 heterocycles. The van der Waals surface area contributed by atoms with Gasteiger partial charge in [0, 0.05) is 12.8 Å². The van der Waals surface area contributed by atoms with Gasteiger partial charge in [0.25, 0.3) is 6.29 Å². The van der Waals surface area contributed by atoms with Crippen molar-refractivity contribution in [2.75, 3.05) is 47.5 Å². The van der Waals surface area contributed by atoms with Crippen LogP contribution in [-0.4, -0.2) is 87.4 Å². The number of carboxylic acids is 1. The molecule has 0 rings (SSSR count). The lowest BCUT2D eigenvalue weighted by Crippen LogP contribution is -2.40. The van der Waals surface area contributed by atoms with Crippen LogP contribution in [0.2, 0.25) is 0 Å². The molecule has 2 atom stereocenters. The summed E-state index contributed by atoms with van der Waals surface area (Å²) in [5.41, 5.74) is 0. The number of nitrogens with zero attached hydrogens (tertiary/aromatic N) is 1. The van der Waals surface area contributed by atoms with Gasteiger partial charge in [0.05, 0.1) is 34.4 Å². The molecule has 0 aromatic heterocycles. The first kappa shape index (κ1) is 64.2. The van der Waals surface area contributed by atoms with E-state index in [1.165, 1.54) is 141 Å². The second-order valence-electron chi connectivity index (χ2n) is 19.9. The number of aliphatic carboxylic acids is 1. The molecule has 67 heavy (non-hydrogen) atoms. The SMILES string of the molecule is CC/C=C\C/C=C\C/C=C\C/C=C\CCCCCCCCCCC(=O)OC(COC(=O)CCCCCCCCCCCCCCCCCCCCCCC)COC(OCC[N+](C)(C)C)C(=O)O. The van der Waals surface area contributed by atoms with E-state index >= 15 is 0 Å². The summed E-state index contributed by atoms with van der Waals surface area (Å²) >= 11 is 0. The van der Waals surface area contributed by atoms with Crippen molar-refractivity contribution in [1.82, 2.24) is 0 Å². The van der Waals surface area contributed by atoms with Gasteiger partial charge in [0.1, 0.15) is 13.2 Å². The molecule has 2 unspecified atom stereocenters. The summed E-state index contributed by atoms with van der Waals surface area (Å²) in [7, 11) is 5.97. The van der Waals surface area contributed by atoms with Crippen molar-refractivity contribution in [3.63, 3.8) is 0 Å². The molecule has 0 aromatic rings. The standard InChI is InChI=1S/C58H105NO8/c1-6-8-10-12-14-16-18-20-22-24-26-28-30-32-34-36-38-40-42-44-46-48-55(60)65-52-54(53-66-58(57(62)63)64-51-50-59(3,4)5)67-56(61)49-47-45-43-41-39-37-35-33-31-29-27-25-23-21-19-17-15-13-11-9-7-2/h9,11,15,17,21,23,27,29,54,58H,6-8,10,12-14,16,18-20,22,24-26,28,30-53H2,1-5H3/p+1/b11-9-,17-15-,23-21-,29-27-. The number of ether oxygens (including phenoxy) is 4. The van der Waals surface area contributed by atoms with Gasteiger partial charge in [-0.1, -0.05) is 229 Å². The fourth-order valence-corrected chi connectivity index (χ4v) is 7.83. The maximum absolute atomic E-state index is 12.9. The summed E-state index contributed by atoms with van der Waals surface area (Å²) in [5, 5.41) is 9.69. The fourth-order valence-electron chi connectivity index (χ4n) is 7.83. The van der Waals surface area contributed by atoms with Crippen LogP contribution in [0.15, 0.2) is 48.6 Å². The molecule has 9 nitrogen and oxygen atoms in total. The average Bonchev–Trinajstić information content (AvgIpc) is 3.29. The summed E-state index contributed by atoms with van der Waals surface area (Å²) in [4.78, 5) is 37.4. The number of esters is 2. The summed E-state index contributed by atoms with van der Waals surface area (Å²) in [6, 6.07) is 0. The predicted molar refractivity (Wildman–Crippen MR) is 281 cm³/mol. The molecule has 0 aliphatic carbocycles. The Morgan fingerprint density at radius 2 is 0.851 bits per heavy atom. The number of unbranched alkanes of at least 4 members (excludes halogenated alkanes) is 28. The zero-order valence-electron chi connectivity index (χ0n) is 44.3. The van der Waals surface area contributed by atoms with Gasteiger partial charge in [0.15, 0.2) is 6.10 Å². The van der Waals surface area contributed by atoms with Gasteiger partial charge in [-0.15, -0.1) is 0 Å². The molecule has 390 valence electrons. The van der Waals surface area contributed by atoms with Crippen LogP contribution in [0.1, 0.15) is 245 Å². The molecular formula is C58H106NO8+. The molecule has 0 radical (unpaired) electrons. The second kappa shape index (κ2) is 49.7. The third-order valence-electron chi connectivity index (χ3n) is 12.1. The highest BCUT2D eigenvalue weighted by molar-refractivity contribution is 5.71.